The van der Waals surface area contributed by atoms with Crippen LogP contribution in [-0.4, -0.2) is 16.0 Å². The number of nitrogens with zero attached hydrogens (tertiary/aromatic N) is 2. The van der Waals surface area contributed by atoms with Crippen LogP contribution in [0.5, 0.6) is 0 Å². The van der Waals surface area contributed by atoms with Gasteiger partial charge in [0.1, 0.15) is 5.82 Å². The molecule has 4 heteroatoms. The quantitative estimate of drug-likeness (QED) is 0.858. The third-order valence-electron chi connectivity index (χ3n) is 2.84. The summed E-state index contributed by atoms with van der Waals surface area (Å²) in [5.74, 6) is 1.67. The van der Waals surface area contributed by atoms with Gasteiger partial charge in [-0.1, -0.05) is 17.7 Å². The van der Waals surface area contributed by atoms with Crippen molar-refractivity contribution in [2.75, 3.05) is 0 Å². The molecule has 1 unspecified atom stereocenters. The van der Waals surface area contributed by atoms with Crippen LogP contribution in [0.2, 0.25) is 0 Å². The summed E-state index contributed by atoms with van der Waals surface area (Å²) in [4.78, 5) is 10.4. The molecule has 0 bridgehead atoms. The van der Waals surface area contributed by atoms with Crippen molar-refractivity contribution in [1.29, 1.82) is 0 Å². The van der Waals surface area contributed by atoms with Gasteiger partial charge in [-0.3, -0.25) is 0 Å². The molecular weight excluding hydrogens is 266 g/mol. The van der Waals surface area contributed by atoms with Gasteiger partial charge in [-0.15, -0.1) is 11.8 Å². The Balaban J connectivity index is 2.07. The summed E-state index contributed by atoms with van der Waals surface area (Å²) in [5, 5.41) is 0. The zero-order chi connectivity index (χ0) is 14.5. The number of thioether (sulfide) groups is 1. The third-order valence-corrected chi connectivity index (χ3v) is 3.83. The van der Waals surface area contributed by atoms with Crippen molar-refractivity contribution in [2.45, 2.75) is 43.9 Å². The van der Waals surface area contributed by atoms with E-state index in [4.69, 9.17) is 5.73 Å². The summed E-state index contributed by atoms with van der Waals surface area (Å²) < 4.78 is 0. The largest absolute Gasteiger partial charge is 0.328 e. The Bertz CT molecular complexity index is 582. The van der Waals surface area contributed by atoms with E-state index >= 15 is 0 Å². The van der Waals surface area contributed by atoms with Crippen LogP contribution < -0.4 is 5.73 Å². The molecule has 0 aliphatic rings. The smallest absolute Gasteiger partial charge is 0.139 e. The number of aryl methyl sites for hydroxylation is 2. The number of hydrogen-bond donors (Lipinski definition) is 1. The molecule has 20 heavy (non-hydrogen) atoms. The highest BCUT2D eigenvalue weighted by Crippen LogP contribution is 2.22. The first-order valence-corrected chi connectivity index (χ1v) is 7.80. The van der Waals surface area contributed by atoms with Crippen molar-refractivity contribution < 1.29 is 0 Å². The SMILES string of the molecule is Cc1cccc(SCc2nc(C)cc(CC(C)N)n2)c1. The second-order valence-electron chi connectivity index (χ2n) is 5.20. The molecule has 2 aromatic rings. The lowest BCUT2D eigenvalue weighted by Gasteiger charge is -2.08. The molecule has 0 spiro atoms. The maximum absolute atomic E-state index is 5.84. The normalized spacial score (nSPS) is 12.4. The molecule has 0 aliphatic carbocycles. The zero-order valence-corrected chi connectivity index (χ0v) is 13.1. The highest BCUT2D eigenvalue weighted by Gasteiger charge is 2.05. The minimum Gasteiger partial charge on any atom is -0.328 e. The minimum atomic E-state index is 0.126. The van der Waals surface area contributed by atoms with Crippen LogP contribution in [-0.2, 0) is 12.2 Å². The average molecular weight is 287 g/mol. The second kappa shape index (κ2) is 6.86. The first-order chi connectivity index (χ1) is 9.52. The topological polar surface area (TPSA) is 51.8 Å². The van der Waals surface area contributed by atoms with Crippen molar-refractivity contribution in [3.8, 4) is 0 Å². The highest BCUT2D eigenvalue weighted by molar-refractivity contribution is 7.98. The fourth-order valence-electron chi connectivity index (χ4n) is 2.05. The predicted molar refractivity (Wildman–Crippen MR) is 84.9 cm³/mol. The summed E-state index contributed by atoms with van der Waals surface area (Å²) in [5.41, 5.74) is 9.16. The molecule has 0 amide bonds. The fraction of sp³-hybridized carbons (Fsp3) is 0.375. The molecule has 0 radical (unpaired) electrons. The monoisotopic (exact) mass is 287 g/mol. The molecule has 1 atom stereocenters. The molecule has 0 fully saturated rings. The number of rotatable bonds is 5. The third kappa shape index (κ3) is 4.62. The molecule has 1 aromatic heterocycles. The molecular formula is C16H21N3S. The second-order valence-corrected chi connectivity index (χ2v) is 6.25. The molecule has 1 aromatic carbocycles. The standard InChI is InChI=1S/C16H21N3S/c1-11-5-4-6-15(7-11)20-10-16-18-13(3)9-14(19-16)8-12(2)17/h4-7,9,12H,8,10,17H2,1-3H3. The van der Waals surface area contributed by atoms with Gasteiger partial charge in [-0.25, -0.2) is 9.97 Å². The van der Waals surface area contributed by atoms with Gasteiger partial charge in [0, 0.05) is 28.7 Å². The summed E-state index contributed by atoms with van der Waals surface area (Å²) in [6.45, 7) is 6.11. The lowest BCUT2D eigenvalue weighted by atomic mass is 10.2. The van der Waals surface area contributed by atoms with Crippen molar-refractivity contribution in [2.24, 2.45) is 5.73 Å². The Morgan fingerprint density at radius 3 is 2.70 bits per heavy atom. The van der Waals surface area contributed by atoms with E-state index < -0.39 is 0 Å². The van der Waals surface area contributed by atoms with Crippen molar-refractivity contribution in [1.82, 2.24) is 9.97 Å². The predicted octanol–water partition coefficient (Wildman–Crippen LogP) is 3.28. The average Bonchev–Trinajstić information content (AvgIpc) is 2.35. The van der Waals surface area contributed by atoms with Crippen molar-refractivity contribution in [3.05, 3.63) is 53.1 Å². The van der Waals surface area contributed by atoms with Crippen LogP contribution in [0, 0.1) is 13.8 Å². The number of hydrogen-bond acceptors (Lipinski definition) is 4. The summed E-state index contributed by atoms with van der Waals surface area (Å²) in [6, 6.07) is 10.6. The number of benzene rings is 1. The highest BCUT2D eigenvalue weighted by atomic mass is 32.2. The molecule has 2 rings (SSSR count). The number of aromatic nitrogens is 2. The maximum atomic E-state index is 5.84. The van der Waals surface area contributed by atoms with Crippen LogP contribution in [0.3, 0.4) is 0 Å². The van der Waals surface area contributed by atoms with E-state index in [1.54, 1.807) is 11.8 Å². The van der Waals surface area contributed by atoms with Crippen molar-refractivity contribution >= 4 is 11.8 Å². The van der Waals surface area contributed by atoms with Crippen molar-refractivity contribution in [3.63, 3.8) is 0 Å². The Labute approximate surface area is 125 Å². The van der Waals surface area contributed by atoms with E-state index in [0.29, 0.717) is 0 Å². The molecule has 106 valence electrons. The fourth-order valence-corrected chi connectivity index (χ4v) is 2.92. The lowest BCUT2D eigenvalue weighted by molar-refractivity contribution is 0.713. The molecule has 0 saturated heterocycles. The van der Waals surface area contributed by atoms with Gasteiger partial charge in [0.2, 0.25) is 0 Å². The van der Waals surface area contributed by atoms with Gasteiger partial charge in [0.05, 0.1) is 5.75 Å². The van der Waals surface area contributed by atoms with Gasteiger partial charge in [-0.2, -0.15) is 0 Å². The van der Waals surface area contributed by atoms with E-state index in [9.17, 15) is 0 Å². The Kier molecular flexibility index (Phi) is 5.15. The van der Waals surface area contributed by atoms with Crippen LogP contribution in [0.1, 0.15) is 29.7 Å². The zero-order valence-electron chi connectivity index (χ0n) is 12.3. The minimum absolute atomic E-state index is 0.126. The Morgan fingerprint density at radius 1 is 1.20 bits per heavy atom. The van der Waals surface area contributed by atoms with E-state index in [-0.39, 0.29) is 6.04 Å². The van der Waals surface area contributed by atoms with E-state index in [0.717, 1.165) is 29.4 Å². The van der Waals surface area contributed by atoms with Gasteiger partial charge in [0.25, 0.3) is 0 Å². The van der Waals surface area contributed by atoms with E-state index in [2.05, 4.69) is 41.2 Å². The summed E-state index contributed by atoms with van der Waals surface area (Å²) >= 11 is 1.77. The van der Waals surface area contributed by atoms with Crippen LogP contribution in [0.15, 0.2) is 35.2 Å². The maximum Gasteiger partial charge on any atom is 0.139 e. The Morgan fingerprint density at radius 2 is 2.00 bits per heavy atom. The molecule has 0 aliphatic heterocycles. The van der Waals surface area contributed by atoms with Gasteiger partial charge in [-0.05, 0) is 39.0 Å². The van der Waals surface area contributed by atoms with Crippen LogP contribution >= 0.6 is 11.8 Å². The Hall–Kier alpha value is -1.39. The van der Waals surface area contributed by atoms with E-state index in [1.165, 1.54) is 10.5 Å². The van der Waals surface area contributed by atoms with Crippen LogP contribution in [0.25, 0.3) is 0 Å². The molecule has 2 N–H and O–H groups in total. The molecule has 1 heterocycles. The summed E-state index contributed by atoms with van der Waals surface area (Å²) in [6.07, 6.45) is 0.797. The first kappa shape index (κ1) is 15.0. The van der Waals surface area contributed by atoms with Gasteiger partial charge >= 0.3 is 0 Å². The van der Waals surface area contributed by atoms with Gasteiger partial charge in [0.15, 0.2) is 0 Å². The van der Waals surface area contributed by atoms with Crippen LogP contribution in [0.4, 0.5) is 0 Å². The molecule has 3 nitrogen and oxygen atoms in total. The summed E-state index contributed by atoms with van der Waals surface area (Å²) in [7, 11) is 0. The molecule has 0 saturated carbocycles. The van der Waals surface area contributed by atoms with E-state index in [1.807, 2.05) is 19.9 Å². The lowest BCUT2D eigenvalue weighted by Crippen LogP contribution is -2.19. The van der Waals surface area contributed by atoms with Gasteiger partial charge < -0.3 is 5.73 Å². The first-order valence-electron chi connectivity index (χ1n) is 6.81. The number of nitrogens with two attached hydrogens (primary N) is 1.